The molecule has 12 rings (SSSR count). The number of anilines is 5. The van der Waals surface area contributed by atoms with Gasteiger partial charge in [-0.05, 0) is 134 Å². The lowest BCUT2D eigenvalue weighted by molar-refractivity contribution is 0.728. The minimum atomic E-state index is -0.455. The van der Waals surface area contributed by atoms with E-state index in [4.69, 9.17) is 11.5 Å². The van der Waals surface area contributed by atoms with Crippen LogP contribution in [0.5, 0.6) is 0 Å². The van der Waals surface area contributed by atoms with Crippen LogP contribution in [0.4, 0.5) is 28.4 Å². The second-order valence-corrected chi connectivity index (χ2v) is 16.7. The molecule has 2 unspecified atom stereocenters. The van der Waals surface area contributed by atoms with E-state index in [-0.39, 0.29) is 6.17 Å². The summed E-state index contributed by atoms with van der Waals surface area (Å²) in [5, 5.41) is 6.25. The summed E-state index contributed by atoms with van der Waals surface area (Å²) in [4.78, 5) is 2.43. The number of fused-ring (bicyclic) bond motifs is 15. The zero-order valence-electron chi connectivity index (χ0n) is 31.4. The van der Waals surface area contributed by atoms with Gasteiger partial charge < -0.3 is 21.7 Å². The summed E-state index contributed by atoms with van der Waals surface area (Å²) in [6.45, 7) is 2.24. The Kier molecular flexibility index (Phi) is 6.74. The molecular weight excluding hydrogens is 713 g/mol. The molecule has 1 aromatic heterocycles. The molecule has 0 bridgehead atoms. The van der Waals surface area contributed by atoms with Gasteiger partial charge in [-0.25, -0.2) is 0 Å². The Morgan fingerprint density at radius 3 is 2.02 bits per heavy atom. The van der Waals surface area contributed by atoms with Crippen molar-refractivity contribution in [1.29, 1.82) is 0 Å². The molecule has 4 nitrogen and oxygen atoms in total. The Balaban J connectivity index is 1.06. The highest BCUT2D eigenvalue weighted by atomic mass is 32.1. The molecule has 1 aliphatic heterocycles. The lowest BCUT2D eigenvalue weighted by atomic mass is 9.70. The van der Waals surface area contributed by atoms with Crippen molar-refractivity contribution in [2.24, 2.45) is 0 Å². The average Bonchev–Trinajstić information content (AvgIpc) is 3.98. The Morgan fingerprint density at radius 1 is 0.544 bits per heavy atom. The second kappa shape index (κ2) is 11.8. The van der Waals surface area contributed by atoms with Crippen LogP contribution in [-0.2, 0) is 5.41 Å². The first kappa shape index (κ1) is 32.4. The van der Waals surface area contributed by atoms with Gasteiger partial charge in [0.2, 0.25) is 0 Å². The van der Waals surface area contributed by atoms with Crippen molar-refractivity contribution in [3.63, 3.8) is 0 Å². The van der Waals surface area contributed by atoms with Crippen molar-refractivity contribution in [2.45, 2.75) is 24.9 Å². The summed E-state index contributed by atoms with van der Waals surface area (Å²) in [6.07, 6.45) is 1.23. The van der Waals surface area contributed by atoms with Crippen LogP contribution in [0.15, 0.2) is 164 Å². The van der Waals surface area contributed by atoms with E-state index in [9.17, 15) is 0 Å². The summed E-state index contributed by atoms with van der Waals surface area (Å²) in [5.74, 6) is 0. The highest BCUT2D eigenvalue weighted by molar-refractivity contribution is 7.26. The third-order valence-electron chi connectivity index (χ3n) is 12.7. The maximum absolute atomic E-state index is 6.60. The molecule has 2 aliphatic carbocycles. The molecule has 2 heterocycles. The van der Waals surface area contributed by atoms with Gasteiger partial charge in [0.1, 0.15) is 6.17 Å². The van der Waals surface area contributed by atoms with Gasteiger partial charge in [-0.3, -0.25) is 0 Å². The molecule has 0 amide bonds. The van der Waals surface area contributed by atoms with Gasteiger partial charge in [-0.1, -0.05) is 110 Å². The predicted octanol–water partition coefficient (Wildman–Crippen LogP) is 13.2. The molecule has 5 N–H and O–H groups in total. The second-order valence-electron chi connectivity index (χ2n) is 15.6. The van der Waals surface area contributed by atoms with Gasteiger partial charge in [0.25, 0.3) is 0 Å². The summed E-state index contributed by atoms with van der Waals surface area (Å²) in [7, 11) is 0. The van der Waals surface area contributed by atoms with Gasteiger partial charge in [0.15, 0.2) is 0 Å². The Morgan fingerprint density at radius 2 is 1.21 bits per heavy atom. The minimum Gasteiger partial charge on any atom is -0.399 e. The van der Waals surface area contributed by atoms with Gasteiger partial charge in [0, 0.05) is 37.2 Å². The van der Waals surface area contributed by atoms with Crippen LogP contribution >= 0.6 is 11.3 Å². The van der Waals surface area contributed by atoms with Gasteiger partial charge in [0.05, 0.1) is 16.8 Å². The molecule has 3 aliphatic rings. The highest BCUT2D eigenvalue weighted by Gasteiger charge is 2.52. The summed E-state index contributed by atoms with van der Waals surface area (Å²) >= 11 is 1.83. The first-order chi connectivity index (χ1) is 28.0. The average molecular weight is 751 g/mol. The van der Waals surface area contributed by atoms with E-state index >= 15 is 0 Å². The number of hydrogen-bond donors (Lipinski definition) is 3. The Bertz CT molecular complexity index is 3120. The monoisotopic (exact) mass is 750 g/mol. The van der Waals surface area contributed by atoms with Gasteiger partial charge in [-0.2, -0.15) is 0 Å². The third-order valence-corrected chi connectivity index (χ3v) is 13.8. The van der Waals surface area contributed by atoms with Gasteiger partial charge in [-0.15, -0.1) is 11.3 Å². The number of para-hydroxylation sites is 2. The maximum atomic E-state index is 6.60. The van der Waals surface area contributed by atoms with Crippen LogP contribution in [0, 0.1) is 0 Å². The van der Waals surface area contributed by atoms with Gasteiger partial charge >= 0.3 is 0 Å². The van der Waals surface area contributed by atoms with Crippen molar-refractivity contribution in [1.82, 2.24) is 0 Å². The Hall–Kier alpha value is -6.82. The number of nitrogen functional groups attached to an aromatic ring is 2. The maximum Gasteiger partial charge on any atom is 0.104 e. The normalized spacial score (nSPS) is 17.1. The van der Waals surface area contributed by atoms with E-state index < -0.39 is 5.41 Å². The van der Waals surface area contributed by atoms with Crippen LogP contribution in [0.2, 0.25) is 0 Å². The molecule has 0 fully saturated rings. The number of nitrogens with one attached hydrogen (secondary N) is 1. The number of thiophene rings is 1. The molecule has 57 heavy (non-hydrogen) atoms. The number of rotatable bonds is 4. The summed E-state index contributed by atoms with van der Waals surface area (Å²) in [6, 6.07) is 60.3. The topological polar surface area (TPSA) is 67.3 Å². The number of nitrogens with zero attached hydrogens (tertiary/aromatic N) is 1. The molecule has 0 saturated carbocycles. The smallest absolute Gasteiger partial charge is 0.104 e. The standard InChI is InChI=1S/C52H38N4S/c1-2-48-55-44-13-7-8-14-45(44)56(48)35-22-17-30(18-23-35)32-19-24-42-39(27-32)36-9-3-5-11-40(36)52(42)41-12-6-4-10-37(41)49-43(52)25-26-46-51(49)50-38(28-34(54)29-47(50)57-46)31-15-20-33(53)21-16-31/h3-29,48,55H,2,53-54H2,1H3. The first-order valence-corrected chi connectivity index (χ1v) is 20.6. The van der Waals surface area contributed by atoms with Crippen LogP contribution < -0.4 is 21.7 Å². The van der Waals surface area contributed by atoms with Crippen LogP contribution in [0.3, 0.4) is 0 Å². The van der Waals surface area contributed by atoms with Crippen molar-refractivity contribution < 1.29 is 0 Å². The first-order valence-electron chi connectivity index (χ1n) is 19.8. The summed E-state index contributed by atoms with van der Waals surface area (Å²) in [5.41, 5.74) is 32.7. The molecule has 8 aromatic carbocycles. The molecule has 0 radical (unpaired) electrons. The van der Waals surface area contributed by atoms with E-state index in [1.165, 1.54) is 92.9 Å². The molecule has 272 valence electrons. The van der Waals surface area contributed by atoms with Crippen molar-refractivity contribution in [2.75, 3.05) is 21.7 Å². The van der Waals surface area contributed by atoms with Crippen LogP contribution in [0.25, 0.3) is 64.7 Å². The molecular formula is C52H38N4S. The lowest BCUT2D eigenvalue weighted by Crippen LogP contribution is -2.30. The van der Waals surface area contributed by atoms with Crippen LogP contribution in [0.1, 0.15) is 35.6 Å². The zero-order chi connectivity index (χ0) is 38.0. The van der Waals surface area contributed by atoms with Crippen LogP contribution in [-0.4, -0.2) is 6.17 Å². The third kappa shape index (κ3) is 4.38. The number of benzene rings is 8. The van der Waals surface area contributed by atoms with Crippen molar-refractivity contribution >= 4 is 59.9 Å². The molecule has 9 aromatic rings. The molecule has 5 heteroatoms. The van der Waals surface area contributed by atoms with E-state index in [2.05, 4.69) is 169 Å². The highest BCUT2D eigenvalue weighted by Crippen LogP contribution is 2.65. The van der Waals surface area contributed by atoms with E-state index in [1.54, 1.807) is 0 Å². The largest absolute Gasteiger partial charge is 0.399 e. The molecule has 0 saturated heterocycles. The molecule has 2 atom stereocenters. The van der Waals surface area contributed by atoms with E-state index in [0.29, 0.717) is 0 Å². The zero-order valence-corrected chi connectivity index (χ0v) is 32.2. The number of nitrogens with two attached hydrogens (primary N) is 2. The van der Waals surface area contributed by atoms with Crippen molar-refractivity contribution in [3.8, 4) is 44.5 Å². The van der Waals surface area contributed by atoms with E-state index in [0.717, 1.165) is 28.9 Å². The SMILES string of the molecule is CCC1Nc2ccccc2N1c1ccc(-c2ccc3c(c2)-c2ccccc2C32c3ccccc3-c3c2ccc2sc4cc(N)cc(-c5ccc(N)cc5)c4c32)cc1. The van der Waals surface area contributed by atoms with E-state index in [1.807, 2.05) is 23.5 Å². The summed E-state index contributed by atoms with van der Waals surface area (Å²) < 4.78 is 2.46. The fraction of sp³-hybridized carbons (Fsp3) is 0.0769. The molecule has 1 spiro atoms. The predicted molar refractivity (Wildman–Crippen MR) is 242 cm³/mol. The Labute approximate surface area is 335 Å². The fourth-order valence-corrected chi connectivity index (χ4v) is 11.5. The lowest BCUT2D eigenvalue weighted by Gasteiger charge is -2.30. The minimum absolute atomic E-state index is 0.230. The number of hydrogen-bond acceptors (Lipinski definition) is 5. The fourth-order valence-electron chi connectivity index (χ4n) is 10.3. The quantitative estimate of drug-likeness (QED) is 0.157. The van der Waals surface area contributed by atoms with Crippen molar-refractivity contribution in [3.05, 3.63) is 186 Å².